The number of alkyl halides is 3. The topological polar surface area (TPSA) is 46.0 Å². The molecule has 0 aliphatic heterocycles. The largest absolute Gasteiger partial charge is 0.507 e. The second kappa shape index (κ2) is 5.96. The number of aromatic hydroxyl groups is 1. The summed E-state index contributed by atoms with van der Waals surface area (Å²) in [6, 6.07) is 14.0. The van der Waals surface area contributed by atoms with Gasteiger partial charge in [0.05, 0.1) is 5.69 Å². The molecule has 3 rings (SSSR count). The minimum absolute atomic E-state index is 0.0254. The number of hydrogen-bond acceptors (Lipinski definition) is 3. The molecule has 0 radical (unpaired) electrons. The van der Waals surface area contributed by atoms with Crippen LogP contribution < -0.4 is 0 Å². The lowest BCUT2D eigenvalue weighted by Crippen LogP contribution is -2.10. The Balaban J connectivity index is 2.25. The molecule has 122 valence electrons. The molecule has 3 aromatic rings. The van der Waals surface area contributed by atoms with Crippen molar-refractivity contribution in [3.63, 3.8) is 0 Å². The fourth-order valence-corrected chi connectivity index (χ4v) is 2.30. The van der Waals surface area contributed by atoms with Crippen molar-refractivity contribution in [1.29, 1.82) is 0 Å². The van der Waals surface area contributed by atoms with Crippen LogP contribution in [-0.2, 0) is 6.18 Å². The van der Waals surface area contributed by atoms with Crippen molar-refractivity contribution < 1.29 is 18.3 Å². The summed E-state index contributed by atoms with van der Waals surface area (Å²) in [4.78, 5) is 7.85. The van der Waals surface area contributed by atoms with Gasteiger partial charge in [-0.05, 0) is 25.1 Å². The van der Waals surface area contributed by atoms with Crippen LogP contribution in [0.4, 0.5) is 13.2 Å². The maximum atomic E-state index is 13.2. The summed E-state index contributed by atoms with van der Waals surface area (Å²) in [6.07, 6.45) is -4.61. The first kappa shape index (κ1) is 16.0. The van der Waals surface area contributed by atoms with Gasteiger partial charge in [-0.3, -0.25) is 0 Å². The first-order valence-electron chi connectivity index (χ1n) is 7.16. The van der Waals surface area contributed by atoms with E-state index < -0.39 is 11.9 Å². The van der Waals surface area contributed by atoms with Crippen LogP contribution in [-0.4, -0.2) is 15.1 Å². The highest BCUT2D eigenvalue weighted by Crippen LogP contribution is 2.35. The van der Waals surface area contributed by atoms with Crippen LogP contribution in [0.15, 0.2) is 54.6 Å². The van der Waals surface area contributed by atoms with E-state index in [9.17, 15) is 18.3 Å². The summed E-state index contributed by atoms with van der Waals surface area (Å²) >= 11 is 0. The van der Waals surface area contributed by atoms with Gasteiger partial charge < -0.3 is 5.11 Å². The van der Waals surface area contributed by atoms with Gasteiger partial charge in [-0.25, -0.2) is 9.97 Å². The van der Waals surface area contributed by atoms with Crippen molar-refractivity contribution >= 4 is 0 Å². The lowest BCUT2D eigenvalue weighted by atomic mass is 10.1. The summed E-state index contributed by atoms with van der Waals surface area (Å²) in [6.45, 7) is 1.78. The zero-order valence-electron chi connectivity index (χ0n) is 12.7. The number of nitrogens with zero attached hydrogens (tertiary/aromatic N) is 2. The maximum Gasteiger partial charge on any atom is 0.433 e. The maximum absolute atomic E-state index is 13.2. The SMILES string of the molecule is Cc1ccc(O)c(-c2cc(C(F)(F)F)nc(-c3ccccc3)n2)c1. The van der Waals surface area contributed by atoms with E-state index in [2.05, 4.69) is 9.97 Å². The first-order valence-corrected chi connectivity index (χ1v) is 7.16. The second-order valence-corrected chi connectivity index (χ2v) is 5.35. The lowest BCUT2D eigenvalue weighted by molar-refractivity contribution is -0.141. The highest BCUT2D eigenvalue weighted by molar-refractivity contribution is 5.70. The number of phenolic OH excluding ortho intramolecular Hbond substituents is 1. The normalized spacial score (nSPS) is 11.5. The Morgan fingerprint density at radius 1 is 0.917 bits per heavy atom. The molecule has 1 N–H and O–H groups in total. The molecule has 0 aliphatic rings. The molecule has 0 spiro atoms. The number of rotatable bonds is 2. The van der Waals surface area contributed by atoms with E-state index in [-0.39, 0.29) is 22.8 Å². The van der Waals surface area contributed by atoms with Crippen LogP contribution in [0.2, 0.25) is 0 Å². The van der Waals surface area contributed by atoms with Crippen molar-refractivity contribution in [3.05, 3.63) is 65.9 Å². The Morgan fingerprint density at radius 3 is 2.29 bits per heavy atom. The molecule has 1 heterocycles. The van der Waals surface area contributed by atoms with E-state index in [1.54, 1.807) is 49.4 Å². The monoisotopic (exact) mass is 330 g/mol. The third kappa shape index (κ3) is 3.22. The van der Waals surface area contributed by atoms with Crippen molar-refractivity contribution in [2.24, 2.45) is 0 Å². The fourth-order valence-electron chi connectivity index (χ4n) is 2.30. The van der Waals surface area contributed by atoms with Crippen LogP contribution in [0.3, 0.4) is 0 Å². The van der Waals surface area contributed by atoms with Gasteiger partial charge in [0.25, 0.3) is 0 Å². The van der Waals surface area contributed by atoms with Crippen molar-refractivity contribution in [3.8, 4) is 28.4 Å². The van der Waals surface area contributed by atoms with E-state index in [4.69, 9.17) is 0 Å². The predicted molar refractivity (Wildman–Crippen MR) is 84.3 cm³/mol. The van der Waals surface area contributed by atoms with Crippen LogP contribution in [0.25, 0.3) is 22.6 Å². The molecule has 0 fully saturated rings. The third-order valence-electron chi connectivity index (χ3n) is 3.48. The minimum Gasteiger partial charge on any atom is -0.507 e. The molecule has 3 nitrogen and oxygen atoms in total. The molecular weight excluding hydrogens is 317 g/mol. The van der Waals surface area contributed by atoms with E-state index in [0.29, 0.717) is 5.56 Å². The molecular formula is C18H13F3N2O. The van der Waals surface area contributed by atoms with Crippen LogP contribution in [0.1, 0.15) is 11.3 Å². The molecule has 0 amide bonds. The molecule has 1 aromatic heterocycles. The number of benzene rings is 2. The second-order valence-electron chi connectivity index (χ2n) is 5.35. The number of hydrogen-bond donors (Lipinski definition) is 1. The lowest BCUT2D eigenvalue weighted by Gasteiger charge is -2.12. The number of aryl methyl sites for hydroxylation is 1. The zero-order chi connectivity index (χ0) is 17.3. The molecule has 6 heteroatoms. The van der Waals surface area contributed by atoms with E-state index in [1.165, 1.54) is 6.07 Å². The summed E-state index contributed by atoms with van der Waals surface area (Å²) in [5, 5.41) is 10.0. The molecule has 0 unspecified atom stereocenters. The standard InChI is InChI=1S/C18H13F3N2O/c1-11-7-8-15(24)13(9-11)14-10-16(18(19,20)21)23-17(22-14)12-5-3-2-4-6-12/h2-10,24H,1H3. The van der Waals surface area contributed by atoms with Crippen molar-refractivity contribution in [1.82, 2.24) is 9.97 Å². The first-order chi connectivity index (χ1) is 11.3. The molecule has 0 atom stereocenters. The smallest absolute Gasteiger partial charge is 0.433 e. The fraction of sp³-hybridized carbons (Fsp3) is 0.111. The van der Waals surface area contributed by atoms with Crippen LogP contribution in [0.5, 0.6) is 5.75 Å². The Bertz CT molecular complexity index is 877. The Labute approximate surface area is 136 Å². The van der Waals surface area contributed by atoms with Crippen molar-refractivity contribution in [2.75, 3.05) is 0 Å². The van der Waals surface area contributed by atoms with Crippen LogP contribution in [0, 0.1) is 6.92 Å². The molecule has 0 saturated heterocycles. The summed E-state index contributed by atoms with van der Waals surface area (Å²) in [5.41, 5.74) is 0.484. The molecule has 0 saturated carbocycles. The van der Waals surface area contributed by atoms with Gasteiger partial charge >= 0.3 is 6.18 Å². The minimum atomic E-state index is -4.61. The van der Waals surface area contributed by atoms with Gasteiger partial charge in [0.1, 0.15) is 11.4 Å². The number of halogens is 3. The molecule has 0 aliphatic carbocycles. The summed E-state index contributed by atoms with van der Waals surface area (Å²) in [5.74, 6) is -0.173. The Kier molecular flexibility index (Phi) is 3.97. The summed E-state index contributed by atoms with van der Waals surface area (Å²) < 4.78 is 39.6. The van der Waals surface area contributed by atoms with Gasteiger partial charge in [0.15, 0.2) is 5.82 Å². The number of phenols is 1. The van der Waals surface area contributed by atoms with Gasteiger partial charge in [0.2, 0.25) is 0 Å². The molecule has 24 heavy (non-hydrogen) atoms. The highest BCUT2D eigenvalue weighted by atomic mass is 19.4. The van der Waals surface area contributed by atoms with Crippen LogP contribution >= 0.6 is 0 Å². The summed E-state index contributed by atoms with van der Waals surface area (Å²) in [7, 11) is 0. The zero-order valence-corrected chi connectivity index (χ0v) is 12.7. The quantitative estimate of drug-likeness (QED) is 0.731. The Morgan fingerprint density at radius 2 is 1.62 bits per heavy atom. The van der Waals surface area contributed by atoms with E-state index in [0.717, 1.165) is 11.6 Å². The van der Waals surface area contributed by atoms with Gasteiger partial charge in [-0.2, -0.15) is 13.2 Å². The van der Waals surface area contributed by atoms with Crippen molar-refractivity contribution in [2.45, 2.75) is 13.1 Å². The number of aromatic nitrogens is 2. The third-order valence-corrected chi connectivity index (χ3v) is 3.48. The van der Waals surface area contributed by atoms with E-state index >= 15 is 0 Å². The van der Waals surface area contributed by atoms with Gasteiger partial charge in [-0.15, -0.1) is 0 Å². The highest BCUT2D eigenvalue weighted by Gasteiger charge is 2.34. The van der Waals surface area contributed by atoms with Gasteiger partial charge in [0, 0.05) is 11.1 Å². The average Bonchev–Trinajstić information content (AvgIpc) is 2.56. The average molecular weight is 330 g/mol. The predicted octanol–water partition coefficient (Wildman–Crippen LogP) is 4.84. The van der Waals surface area contributed by atoms with Gasteiger partial charge in [-0.1, -0.05) is 42.0 Å². The Hall–Kier alpha value is -2.89. The molecule has 2 aromatic carbocycles. The molecule has 0 bridgehead atoms. The van der Waals surface area contributed by atoms with E-state index in [1.807, 2.05) is 0 Å².